The van der Waals surface area contributed by atoms with E-state index >= 15 is 0 Å². The first kappa shape index (κ1) is 20.2. The molecule has 1 aromatic carbocycles. The van der Waals surface area contributed by atoms with Gasteiger partial charge in [0.2, 0.25) is 0 Å². The zero-order valence-electron chi connectivity index (χ0n) is 16.4. The topological polar surface area (TPSA) is 64.7 Å². The minimum atomic E-state index is -0.0704. The van der Waals surface area contributed by atoms with Crippen LogP contribution in [0.3, 0.4) is 0 Å². The summed E-state index contributed by atoms with van der Waals surface area (Å²) < 4.78 is 0. The third kappa shape index (κ3) is 5.46. The van der Waals surface area contributed by atoms with Gasteiger partial charge in [0.05, 0.1) is 0 Å². The Hall–Kier alpha value is -2.08. The van der Waals surface area contributed by atoms with Gasteiger partial charge in [0.25, 0.3) is 5.91 Å². The summed E-state index contributed by atoms with van der Waals surface area (Å²) in [6.45, 7) is 9.96. The van der Waals surface area contributed by atoms with Gasteiger partial charge < -0.3 is 20.4 Å². The zero-order chi connectivity index (χ0) is 19.1. The van der Waals surface area contributed by atoms with Crippen LogP contribution in [0.15, 0.2) is 24.3 Å². The number of carbonyl (C=O) groups is 2. The van der Waals surface area contributed by atoms with Gasteiger partial charge in [-0.3, -0.25) is 4.79 Å². The second-order valence-electron chi connectivity index (χ2n) is 7.38. The molecule has 1 fully saturated rings. The molecule has 0 saturated carbocycles. The van der Waals surface area contributed by atoms with E-state index in [1.807, 2.05) is 30.0 Å². The molecule has 0 radical (unpaired) electrons. The Bertz CT molecular complexity index is 618. The normalized spacial score (nSPS) is 18.0. The van der Waals surface area contributed by atoms with E-state index in [4.69, 9.17) is 0 Å². The molecule has 2 rings (SSSR count). The molecule has 0 aliphatic carbocycles. The van der Waals surface area contributed by atoms with Gasteiger partial charge in [-0.15, -0.1) is 0 Å². The predicted molar refractivity (Wildman–Crippen MR) is 104 cm³/mol. The van der Waals surface area contributed by atoms with Crippen LogP contribution in [0.5, 0.6) is 0 Å². The molecule has 1 heterocycles. The third-order valence-electron chi connectivity index (χ3n) is 4.82. The van der Waals surface area contributed by atoms with Gasteiger partial charge in [0.1, 0.15) is 0 Å². The van der Waals surface area contributed by atoms with E-state index in [2.05, 4.69) is 36.4 Å². The van der Waals surface area contributed by atoms with Crippen molar-refractivity contribution in [3.63, 3.8) is 0 Å². The largest absolute Gasteiger partial charge is 0.352 e. The fourth-order valence-corrected chi connectivity index (χ4v) is 3.22. The lowest BCUT2D eigenvalue weighted by atomic mass is 10.0. The lowest BCUT2D eigenvalue weighted by Crippen LogP contribution is -2.58. The molecule has 3 amide bonds. The molecule has 0 aromatic heterocycles. The highest BCUT2D eigenvalue weighted by Gasteiger charge is 2.30. The second-order valence-corrected chi connectivity index (χ2v) is 7.38. The van der Waals surface area contributed by atoms with Crippen molar-refractivity contribution in [1.82, 2.24) is 20.4 Å². The van der Waals surface area contributed by atoms with Crippen LogP contribution in [0.2, 0.25) is 0 Å². The van der Waals surface area contributed by atoms with Crippen molar-refractivity contribution >= 4 is 11.9 Å². The predicted octanol–water partition coefficient (Wildman–Crippen LogP) is 2.31. The molecule has 1 aromatic rings. The molecule has 6 heteroatoms. The lowest BCUT2D eigenvalue weighted by molar-refractivity contribution is 0.0854. The Morgan fingerprint density at radius 2 is 2.00 bits per heavy atom. The molecular formula is C20H32N4O2. The molecule has 26 heavy (non-hydrogen) atoms. The summed E-state index contributed by atoms with van der Waals surface area (Å²) in [7, 11) is 2.10. The Labute approximate surface area is 156 Å². The first-order valence-corrected chi connectivity index (χ1v) is 9.52. The number of urea groups is 1. The van der Waals surface area contributed by atoms with E-state index in [9.17, 15) is 9.59 Å². The molecule has 1 unspecified atom stereocenters. The SMILES string of the molecule is CCCNC(=O)c1cccc(CNC(=O)N2CCN(C)CC2C(C)C)c1. The third-order valence-corrected chi connectivity index (χ3v) is 4.82. The molecule has 0 spiro atoms. The molecule has 2 N–H and O–H groups in total. The van der Waals surface area contributed by atoms with E-state index in [1.165, 1.54) is 0 Å². The smallest absolute Gasteiger partial charge is 0.318 e. The molecule has 6 nitrogen and oxygen atoms in total. The van der Waals surface area contributed by atoms with Gasteiger partial charge in [-0.25, -0.2) is 4.79 Å². The number of likely N-dealkylation sites (N-methyl/N-ethyl adjacent to an activating group) is 1. The standard InChI is InChI=1S/C20H32N4O2/c1-5-9-21-19(25)17-8-6-7-16(12-17)13-22-20(26)24-11-10-23(4)14-18(24)15(2)3/h6-8,12,15,18H,5,9-11,13-14H2,1-4H3,(H,21,25)(H,22,26). The van der Waals surface area contributed by atoms with Gasteiger partial charge in [0, 0.05) is 44.3 Å². The van der Waals surface area contributed by atoms with Crippen molar-refractivity contribution in [2.45, 2.75) is 39.8 Å². The van der Waals surface area contributed by atoms with E-state index in [1.54, 1.807) is 6.07 Å². The van der Waals surface area contributed by atoms with Gasteiger partial charge in [-0.2, -0.15) is 0 Å². The van der Waals surface area contributed by atoms with Crippen LogP contribution >= 0.6 is 0 Å². The number of carbonyl (C=O) groups excluding carboxylic acids is 2. The molecule has 0 bridgehead atoms. The van der Waals surface area contributed by atoms with Gasteiger partial charge in [-0.1, -0.05) is 32.9 Å². The number of hydrogen-bond acceptors (Lipinski definition) is 3. The number of nitrogens with zero attached hydrogens (tertiary/aromatic N) is 2. The Morgan fingerprint density at radius 3 is 2.69 bits per heavy atom. The fourth-order valence-electron chi connectivity index (χ4n) is 3.22. The summed E-state index contributed by atoms with van der Waals surface area (Å²) in [5, 5.41) is 5.89. The Kier molecular flexibility index (Phi) is 7.45. The first-order valence-electron chi connectivity index (χ1n) is 9.52. The summed E-state index contributed by atoms with van der Waals surface area (Å²) in [5.41, 5.74) is 1.56. The van der Waals surface area contributed by atoms with Crippen LogP contribution in [0.1, 0.15) is 43.1 Å². The minimum absolute atomic E-state index is 0.0300. The fraction of sp³-hybridized carbons (Fsp3) is 0.600. The number of benzene rings is 1. The molecule has 144 valence electrons. The summed E-state index contributed by atoms with van der Waals surface area (Å²) in [5.74, 6) is 0.341. The van der Waals surface area contributed by atoms with Gasteiger partial charge >= 0.3 is 6.03 Å². The second kappa shape index (κ2) is 9.57. The Morgan fingerprint density at radius 1 is 1.23 bits per heavy atom. The summed E-state index contributed by atoms with van der Waals surface area (Å²) >= 11 is 0. The van der Waals surface area contributed by atoms with Gasteiger partial charge in [0.15, 0.2) is 0 Å². The van der Waals surface area contributed by atoms with E-state index < -0.39 is 0 Å². The van der Waals surface area contributed by atoms with Crippen LogP contribution in [-0.2, 0) is 6.54 Å². The molecule has 1 atom stereocenters. The number of hydrogen-bond donors (Lipinski definition) is 2. The highest BCUT2D eigenvalue weighted by Crippen LogP contribution is 2.16. The van der Waals surface area contributed by atoms with Crippen LogP contribution in [0, 0.1) is 5.92 Å². The monoisotopic (exact) mass is 360 g/mol. The van der Waals surface area contributed by atoms with Crippen LogP contribution in [-0.4, -0.2) is 61.0 Å². The van der Waals surface area contributed by atoms with E-state index in [0.29, 0.717) is 24.6 Å². The maximum atomic E-state index is 12.7. The average Bonchev–Trinajstić information content (AvgIpc) is 2.64. The van der Waals surface area contributed by atoms with Crippen molar-refractivity contribution in [3.05, 3.63) is 35.4 Å². The van der Waals surface area contributed by atoms with Crippen molar-refractivity contribution in [1.29, 1.82) is 0 Å². The lowest BCUT2D eigenvalue weighted by Gasteiger charge is -2.42. The van der Waals surface area contributed by atoms with E-state index in [-0.39, 0.29) is 18.0 Å². The van der Waals surface area contributed by atoms with Crippen LogP contribution < -0.4 is 10.6 Å². The van der Waals surface area contributed by atoms with Crippen molar-refractivity contribution < 1.29 is 9.59 Å². The van der Waals surface area contributed by atoms with Crippen molar-refractivity contribution in [3.8, 4) is 0 Å². The quantitative estimate of drug-likeness (QED) is 0.818. The summed E-state index contributed by atoms with van der Waals surface area (Å²) in [4.78, 5) is 29.0. The Balaban J connectivity index is 1.95. The first-order chi connectivity index (χ1) is 12.4. The minimum Gasteiger partial charge on any atom is -0.352 e. The summed E-state index contributed by atoms with van der Waals surface area (Å²) in [6, 6.07) is 7.62. The highest BCUT2D eigenvalue weighted by atomic mass is 16.2. The molecule has 1 aliphatic rings. The maximum Gasteiger partial charge on any atom is 0.318 e. The number of rotatable bonds is 6. The van der Waals surface area contributed by atoms with Gasteiger partial charge in [-0.05, 0) is 37.1 Å². The molecular weight excluding hydrogens is 328 g/mol. The zero-order valence-corrected chi connectivity index (χ0v) is 16.4. The average molecular weight is 361 g/mol. The number of nitrogens with one attached hydrogen (secondary N) is 2. The number of amides is 3. The van der Waals surface area contributed by atoms with Crippen LogP contribution in [0.4, 0.5) is 4.79 Å². The molecule has 1 aliphatic heterocycles. The van der Waals surface area contributed by atoms with Crippen molar-refractivity contribution in [2.24, 2.45) is 5.92 Å². The summed E-state index contributed by atoms with van der Waals surface area (Å²) in [6.07, 6.45) is 0.906. The highest BCUT2D eigenvalue weighted by molar-refractivity contribution is 5.94. The van der Waals surface area contributed by atoms with Crippen molar-refractivity contribution in [2.75, 3.05) is 33.2 Å². The van der Waals surface area contributed by atoms with Crippen LogP contribution in [0.25, 0.3) is 0 Å². The maximum absolute atomic E-state index is 12.7. The molecule has 1 saturated heterocycles. The van der Waals surface area contributed by atoms with E-state index in [0.717, 1.165) is 31.6 Å². The number of piperazine rings is 1.